The molecule has 1 rings (SSSR count). The van der Waals surface area contributed by atoms with E-state index in [0.717, 1.165) is 0 Å². The predicted molar refractivity (Wildman–Crippen MR) is 59.6 cm³/mol. The molecule has 0 saturated heterocycles. The van der Waals surface area contributed by atoms with Gasteiger partial charge < -0.3 is 15.1 Å². The first kappa shape index (κ1) is 12.0. The van der Waals surface area contributed by atoms with Gasteiger partial charge in [-0.3, -0.25) is 0 Å². The lowest BCUT2D eigenvalue weighted by Crippen LogP contribution is -2.33. The quantitative estimate of drug-likeness (QED) is 0.820. The Morgan fingerprint density at radius 3 is 2.20 bits per heavy atom. The Morgan fingerprint density at radius 1 is 1.20 bits per heavy atom. The maximum absolute atomic E-state index is 5.65. The maximum atomic E-state index is 5.65. The SMILES string of the molecule is CC(N)c1nnc(N(C)C(C)C(C)C)o1. The second kappa shape index (κ2) is 4.61. The number of rotatable bonds is 4. The van der Waals surface area contributed by atoms with Gasteiger partial charge in [0.2, 0.25) is 5.89 Å². The molecule has 5 nitrogen and oxygen atoms in total. The molecular formula is C10H20N4O. The summed E-state index contributed by atoms with van der Waals surface area (Å²) in [7, 11) is 1.95. The van der Waals surface area contributed by atoms with Gasteiger partial charge in [0.25, 0.3) is 0 Å². The standard InChI is InChI=1S/C10H20N4O/c1-6(2)8(4)14(5)10-13-12-9(15-10)7(3)11/h6-8H,11H2,1-5H3. The van der Waals surface area contributed by atoms with Crippen LogP contribution in [0.5, 0.6) is 0 Å². The van der Waals surface area contributed by atoms with Gasteiger partial charge in [-0.1, -0.05) is 18.9 Å². The maximum Gasteiger partial charge on any atom is 0.318 e. The first-order valence-electron chi connectivity index (χ1n) is 5.25. The summed E-state index contributed by atoms with van der Waals surface area (Å²) in [5.41, 5.74) is 5.65. The molecule has 0 aromatic carbocycles. The van der Waals surface area contributed by atoms with E-state index < -0.39 is 0 Å². The summed E-state index contributed by atoms with van der Waals surface area (Å²) in [6, 6.07) is 0.670. The van der Waals surface area contributed by atoms with Gasteiger partial charge in [0.1, 0.15) is 0 Å². The van der Waals surface area contributed by atoms with Crippen molar-refractivity contribution in [3.05, 3.63) is 5.89 Å². The van der Waals surface area contributed by atoms with E-state index in [-0.39, 0.29) is 6.04 Å². The van der Waals surface area contributed by atoms with Crippen molar-refractivity contribution >= 4 is 6.01 Å². The van der Waals surface area contributed by atoms with Crippen LogP contribution in [0, 0.1) is 5.92 Å². The van der Waals surface area contributed by atoms with Crippen molar-refractivity contribution in [3.8, 4) is 0 Å². The molecular weight excluding hydrogens is 192 g/mol. The van der Waals surface area contributed by atoms with Crippen LogP contribution in [0.1, 0.15) is 39.6 Å². The van der Waals surface area contributed by atoms with E-state index in [1.807, 2.05) is 18.9 Å². The van der Waals surface area contributed by atoms with E-state index in [2.05, 4.69) is 31.0 Å². The highest BCUT2D eigenvalue weighted by atomic mass is 16.4. The zero-order chi connectivity index (χ0) is 11.6. The fraction of sp³-hybridized carbons (Fsp3) is 0.800. The van der Waals surface area contributed by atoms with Crippen molar-refractivity contribution in [1.29, 1.82) is 0 Å². The fourth-order valence-electron chi connectivity index (χ4n) is 1.17. The normalized spacial score (nSPS) is 15.4. The van der Waals surface area contributed by atoms with Crippen LogP contribution in [-0.4, -0.2) is 23.3 Å². The van der Waals surface area contributed by atoms with Gasteiger partial charge in [0.05, 0.1) is 6.04 Å². The number of hydrogen-bond donors (Lipinski definition) is 1. The minimum absolute atomic E-state index is 0.214. The third-order valence-electron chi connectivity index (χ3n) is 2.70. The van der Waals surface area contributed by atoms with E-state index in [4.69, 9.17) is 10.2 Å². The smallest absolute Gasteiger partial charge is 0.318 e. The van der Waals surface area contributed by atoms with E-state index >= 15 is 0 Å². The Morgan fingerprint density at radius 2 is 1.80 bits per heavy atom. The van der Waals surface area contributed by atoms with E-state index in [9.17, 15) is 0 Å². The molecule has 1 aromatic heterocycles. The number of anilines is 1. The molecule has 0 amide bonds. The zero-order valence-electron chi connectivity index (χ0n) is 10.1. The summed E-state index contributed by atoms with van der Waals surface area (Å²) < 4.78 is 5.46. The molecule has 1 heterocycles. The summed E-state index contributed by atoms with van der Waals surface area (Å²) in [5, 5.41) is 7.87. The molecule has 0 bridgehead atoms. The third kappa shape index (κ3) is 2.68. The lowest BCUT2D eigenvalue weighted by atomic mass is 10.1. The molecule has 0 spiro atoms. The molecule has 86 valence electrons. The second-order valence-electron chi connectivity index (χ2n) is 4.31. The molecule has 5 heteroatoms. The highest BCUT2D eigenvalue weighted by Gasteiger charge is 2.19. The average Bonchev–Trinajstić information content (AvgIpc) is 2.64. The fourth-order valence-corrected chi connectivity index (χ4v) is 1.17. The molecule has 0 radical (unpaired) electrons. The van der Waals surface area contributed by atoms with Crippen LogP contribution in [0.2, 0.25) is 0 Å². The van der Waals surface area contributed by atoms with Crippen LogP contribution in [0.4, 0.5) is 6.01 Å². The van der Waals surface area contributed by atoms with E-state index in [1.54, 1.807) is 0 Å². The van der Waals surface area contributed by atoms with Gasteiger partial charge in [-0.25, -0.2) is 0 Å². The summed E-state index contributed by atoms with van der Waals surface area (Å²) >= 11 is 0. The van der Waals surface area contributed by atoms with Gasteiger partial charge in [0, 0.05) is 13.1 Å². The molecule has 2 N–H and O–H groups in total. The predicted octanol–water partition coefficient (Wildman–Crippen LogP) is 1.57. The molecule has 0 aliphatic rings. The van der Waals surface area contributed by atoms with Crippen LogP contribution < -0.4 is 10.6 Å². The van der Waals surface area contributed by atoms with Crippen LogP contribution >= 0.6 is 0 Å². The molecule has 0 fully saturated rings. The Bertz CT molecular complexity index is 308. The highest BCUT2D eigenvalue weighted by molar-refractivity contribution is 5.24. The lowest BCUT2D eigenvalue weighted by molar-refractivity contribution is 0.427. The van der Waals surface area contributed by atoms with Crippen LogP contribution in [-0.2, 0) is 0 Å². The van der Waals surface area contributed by atoms with E-state index in [0.29, 0.717) is 23.9 Å². The molecule has 2 atom stereocenters. The number of nitrogens with zero attached hydrogens (tertiary/aromatic N) is 3. The first-order valence-corrected chi connectivity index (χ1v) is 5.25. The monoisotopic (exact) mass is 212 g/mol. The van der Waals surface area contributed by atoms with Crippen molar-refractivity contribution in [2.75, 3.05) is 11.9 Å². The molecule has 2 unspecified atom stereocenters. The summed E-state index contributed by atoms with van der Waals surface area (Å²) in [6.45, 7) is 8.26. The highest BCUT2D eigenvalue weighted by Crippen LogP contribution is 2.19. The van der Waals surface area contributed by atoms with Gasteiger partial charge in [-0.15, -0.1) is 5.10 Å². The van der Waals surface area contributed by atoms with Crippen molar-refractivity contribution in [2.45, 2.75) is 39.8 Å². The average molecular weight is 212 g/mol. The van der Waals surface area contributed by atoms with Crippen LogP contribution in [0.3, 0.4) is 0 Å². The summed E-state index contributed by atoms with van der Waals surface area (Å²) in [5.74, 6) is 1.01. The number of nitrogens with two attached hydrogens (primary N) is 1. The van der Waals surface area contributed by atoms with Crippen molar-refractivity contribution in [2.24, 2.45) is 11.7 Å². The molecule has 0 aliphatic carbocycles. The van der Waals surface area contributed by atoms with Gasteiger partial charge in [-0.2, -0.15) is 0 Å². The Balaban J connectivity index is 2.78. The minimum Gasteiger partial charge on any atom is -0.406 e. The molecule has 1 aromatic rings. The lowest BCUT2D eigenvalue weighted by Gasteiger charge is -2.25. The molecule has 15 heavy (non-hydrogen) atoms. The second-order valence-corrected chi connectivity index (χ2v) is 4.31. The minimum atomic E-state index is -0.214. The Hall–Kier alpha value is -1.10. The Kier molecular flexibility index (Phi) is 3.68. The summed E-state index contributed by atoms with van der Waals surface area (Å²) in [4.78, 5) is 1.98. The summed E-state index contributed by atoms with van der Waals surface area (Å²) in [6.07, 6.45) is 0. The number of aromatic nitrogens is 2. The van der Waals surface area contributed by atoms with Crippen molar-refractivity contribution in [3.63, 3.8) is 0 Å². The van der Waals surface area contributed by atoms with Crippen molar-refractivity contribution in [1.82, 2.24) is 10.2 Å². The van der Waals surface area contributed by atoms with Crippen LogP contribution in [0.25, 0.3) is 0 Å². The Labute approximate surface area is 90.7 Å². The van der Waals surface area contributed by atoms with Gasteiger partial charge in [-0.05, 0) is 19.8 Å². The largest absolute Gasteiger partial charge is 0.406 e. The topological polar surface area (TPSA) is 68.2 Å². The third-order valence-corrected chi connectivity index (χ3v) is 2.70. The molecule has 0 saturated carbocycles. The molecule has 0 aliphatic heterocycles. The van der Waals surface area contributed by atoms with Crippen LogP contribution in [0.15, 0.2) is 4.42 Å². The number of hydrogen-bond acceptors (Lipinski definition) is 5. The zero-order valence-corrected chi connectivity index (χ0v) is 10.1. The first-order chi connectivity index (χ1) is 6.93. The van der Waals surface area contributed by atoms with Gasteiger partial charge in [0.15, 0.2) is 0 Å². The van der Waals surface area contributed by atoms with Gasteiger partial charge >= 0.3 is 6.01 Å². The van der Waals surface area contributed by atoms with E-state index in [1.165, 1.54) is 0 Å². The van der Waals surface area contributed by atoms with Crippen molar-refractivity contribution < 1.29 is 4.42 Å².